The molecule has 1 saturated heterocycles. The first-order valence-corrected chi connectivity index (χ1v) is 7.33. The van der Waals surface area contributed by atoms with Gasteiger partial charge in [0.15, 0.2) is 0 Å². The summed E-state index contributed by atoms with van der Waals surface area (Å²) in [7, 11) is 0. The largest absolute Gasteiger partial charge is 0.375 e. The van der Waals surface area contributed by atoms with E-state index in [0.717, 1.165) is 24.3 Å². The highest BCUT2D eigenvalue weighted by atomic mass is 16.5. The van der Waals surface area contributed by atoms with Crippen molar-refractivity contribution in [2.24, 2.45) is 0 Å². The van der Waals surface area contributed by atoms with Crippen LogP contribution < -0.4 is 10.6 Å². The van der Waals surface area contributed by atoms with Crippen molar-refractivity contribution in [3.63, 3.8) is 0 Å². The number of hydrogen-bond donors (Lipinski definition) is 2. The molecule has 2 aromatic rings. The quantitative estimate of drug-likeness (QED) is 0.847. The van der Waals surface area contributed by atoms with Gasteiger partial charge in [0, 0.05) is 18.8 Å². The van der Waals surface area contributed by atoms with Crippen molar-refractivity contribution >= 4 is 11.6 Å². The zero-order valence-electron chi connectivity index (χ0n) is 12.2. The van der Waals surface area contributed by atoms with E-state index < -0.39 is 0 Å². The van der Waals surface area contributed by atoms with Crippen LogP contribution in [0, 0.1) is 0 Å². The van der Waals surface area contributed by atoms with Gasteiger partial charge in [-0.15, -0.1) is 0 Å². The van der Waals surface area contributed by atoms with Crippen molar-refractivity contribution in [1.82, 2.24) is 20.1 Å². The lowest BCUT2D eigenvalue weighted by molar-refractivity contribution is -0.119. The molecule has 7 heteroatoms. The smallest absolute Gasteiger partial charge is 0.227 e. The monoisotopic (exact) mass is 301 g/mol. The summed E-state index contributed by atoms with van der Waals surface area (Å²) in [5.74, 6) is -0.0356. The molecule has 1 aromatic carbocycles. The number of aromatic nitrogens is 3. The van der Waals surface area contributed by atoms with E-state index in [2.05, 4.69) is 20.7 Å². The lowest BCUT2D eigenvalue weighted by Gasteiger charge is -2.23. The number of hydrogen-bond acceptors (Lipinski definition) is 5. The molecule has 3 rings (SSSR count). The third-order valence-electron chi connectivity index (χ3n) is 3.44. The van der Waals surface area contributed by atoms with Crippen LogP contribution in [-0.2, 0) is 16.1 Å². The summed E-state index contributed by atoms with van der Waals surface area (Å²) in [5, 5.41) is 10.2. The molecule has 1 aromatic heterocycles. The Morgan fingerprint density at radius 2 is 2.45 bits per heavy atom. The Labute approximate surface area is 128 Å². The van der Waals surface area contributed by atoms with Gasteiger partial charge in [-0.25, -0.2) is 9.67 Å². The molecule has 7 nitrogen and oxygen atoms in total. The second kappa shape index (κ2) is 7.15. The van der Waals surface area contributed by atoms with Crippen molar-refractivity contribution in [2.75, 3.05) is 25.0 Å². The summed E-state index contributed by atoms with van der Waals surface area (Å²) in [6.45, 7) is 2.85. The highest BCUT2D eigenvalue weighted by Crippen LogP contribution is 2.13. The molecule has 0 radical (unpaired) electrons. The molecule has 1 atom stereocenters. The van der Waals surface area contributed by atoms with Gasteiger partial charge in [0.1, 0.15) is 12.7 Å². The van der Waals surface area contributed by atoms with Crippen LogP contribution in [-0.4, -0.2) is 46.5 Å². The molecular formula is C15H19N5O2. The van der Waals surface area contributed by atoms with Crippen molar-refractivity contribution < 1.29 is 9.53 Å². The average Bonchev–Trinajstić information content (AvgIpc) is 3.01. The number of nitrogens with one attached hydrogen (secondary N) is 2. The molecule has 1 aliphatic heterocycles. The fraction of sp³-hybridized carbons (Fsp3) is 0.400. The van der Waals surface area contributed by atoms with E-state index in [1.165, 1.54) is 6.33 Å². The first-order valence-electron chi connectivity index (χ1n) is 7.33. The fourth-order valence-electron chi connectivity index (χ4n) is 2.42. The van der Waals surface area contributed by atoms with Gasteiger partial charge in [-0.05, 0) is 17.7 Å². The predicted octanol–water partition coefficient (Wildman–Crippen LogP) is 0.643. The van der Waals surface area contributed by atoms with Crippen molar-refractivity contribution in [3.05, 3.63) is 42.5 Å². The van der Waals surface area contributed by atoms with E-state index in [-0.39, 0.29) is 12.0 Å². The van der Waals surface area contributed by atoms with Gasteiger partial charge in [-0.2, -0.15) is 5.10 Å². The van der Waals surface area contributed by atoms with Gasteiger partial charge in [0.25, 0.3) is 0 Å². The lowest BCUT2D eigenvalue weighted by atomic mass is 10.2. The summed E-state index contributed by atoms with van der Waals surface area (Å²) >= 11 is 0. The minimum atomic E-state index is -0.0490. The zero-order valence-corrected chi connectivity index (χ0v) is 12.2. The first kappa shape index (κ1) is 14.7. The minimum Gasteiger partial charge on any atom is -0.375 e. The average molecular weight is 301 g/mol. The highest BCUT2D eigenvalue weighted by Gasteiger charge is 2.17. The van der Waals surface area contributed by atoms with Gasteiger partial charge in [-0.1, -0.05) is 12.1 Å². The summed E-state index contributed by atoms with van der Waals surface area (Å²) in [6.07, 6.45) is 3.48. The van der Waals surface area contributed by atoms with E-state index in [1.807, 2.05) is 24.3 Å². The number of rotatable bonds is 5. The fourth-order valence-corrected chi connectivity index (χ4v) is 2.42. The molecule has 22 heavy (non-hydrogen) atoms. The maximum atomic E-state index is 12.1. The number of ether oxygens (including phenoxy) is 1. The molecule has 1 aliphatic rings. The van der Waals surface area contributed by atoms with Crippen LogP contribution in [0.15, 0.2) is 36.9 Å². The third-order valence-corrected chi connectivity index (χ3v) is 3.44. The Morgan fingerprint density at radius 1 is 1.50 bits per heavy atom. The highest BCUT2D eigenvalue weighted by molar-refractivity contribution is 5.91. The van der Waals surface area contributed by atoms with E-state index in [0.29, 0.717) is 19.6 Å². The van der Waals surface area contributed by atoms with Crippen LogP contribution in [0.3, 0.4) is 0 Å². The Bertz CT molecular complexity index is 608. The van der Waals surface area contributed by atoms with Gasteiger partial charge in [-0.3, -0.25) is 4.79 Å². The third kappa shape index (κ3) is 4.12. The van der Waals surface area contributed by atoms with Crippen molar-refractivity contribution in [1.29, 1.82) is 0 Å². The summed E-state index contributed by atoms with van der Waals surface area (Å²) < 4.78 is 7.28. The van der Waals surface area contributed by atoms with E-state index in [1.54, 1.807) is 11.0 Å². The molecule has 1 amide bonds. The van der Waals surface area contributed by atoms with Crippen LogP contribution in [0.25, 0.3) is 0 Å². The summed E-state index contributed by atoms with van der Waals surface area (Å²) in [6, 6.07) is 7.73. The van der Waals surface area contributed by atoms with Crippen LogP contribution >= 0.6 is 0 Å². The molecule has 116 valence electrons. The first-order chi connectivity index (χ1) is 10.8. The minimum absolute atomic E-state index is 0.0356. The van der Waals surface area contributed by atoms with Crippen molar-refractivity contribution in [2.45, 2.75) is 19.1 Å². The van der Waals surface area contributed by atoms with Crippen LogP contribution in [0.2, 0.25) is 0 Å². The number of morpholine rings is 1. The van der Waals surface area contributed by atoms with Gasteiger partial charge < -0.3 is 15.4 Å². The molecule has 1 unspecified atom stereocenters. The Kier molecular flexibility index (Phi) is 4.77. The van der Waals surface area contributed by atoms with E-state index in [4.69, 9.17) is 4.74 Å². The van der Waals surface area contributed by atoms with Crippen molar-refractivity contribution in [3.8, 4) is 0 Å². The number of nitrogens with zero attached hydrogens (tertiary/aromatic N) is 3. The number of benzene rings is 1. The topological polar surface area (TPSA) is 81.1 Å². The predicted molar refractivity (Wildman–Crippen MR) is 81.4 cm³/mol. The Morgan fingerprint density at radius 3 is 3.23 bits per heavy atom. The summed E-state index contributed by atoms with van der Waals surface area (Å²) in [4.78, 5) is 16.0. The second-order valence-corrected chi connectivity index (χ2v) is 5.24. The molecular weight excluding hydrogens is 282 g/mol. The summed E-state index contributed by atoms with van der Waals surface area (Å²) in [5.41, 5.74) is 1.84. The van der Waals surface area contributed by atoms with Crippen LogP contribution in [0.5, 0.6) is 0 Å². The van der Waals surface area contributed by atoms with Gasteiger partial charge >= 0.3 is 0 Å². The SMILES string of the molecule is O=C(CC1CNCCO1)Nc1cccc(Cn2cncn2)c1. The number of carbonyl (C=O) groups is 1. The molecule has 0 spiro atoms. The van der Waals surface area contributed by atoms with E-state index in [9.17, 15) is 4.79 Å². The molecule has 0 aliphatic carbocycles. The normalized spacial score (nSPS) is 18.1. The van der Waals surface area contributed by atoms with Gasteiger partial charge in [0.2, 0.25) is 5.91 Å². The maximum Gasteiger partial charge on any atom is 0.227 e. The molecule has 2 heterocycles. The number of anilines is 1. The second-order valence-electron chi connectivity index (χ2n) is 5.24. The standard InChI is InChI=1S/C15H19N5O2/c21-15(7-14-8-16-4-5-22-14)19-13-3-1-2-12(6-13)9-20-11-17-10-18-20/h1-3,6,10-11,14,16H,4-5,7-9H2,(H,19,21). The Balaban J connectivity index is 1.56. The molecule has 1 fully saturated rings. The zero-order chi connectivity index (χ0) is 15.2. The Hall–Kier alpha value is -2.25. The maximum absolute atomic E-state index is 12.1. The number of amides is 1. The van der Waals surface area contributed by atoms with Gasteiger partial charge in [0.05, 0.1) is 25.7 Å². The molecule has 0 bridgehead atoms. The number of carbonyl (C=O) groups excluding carboxylic acids is 1. The van der Waals surface area contributed by atoms with Crippen LogP contribution in [0.1, 0.15) is 12.0 Å². The lowest BCUT2D eigenvalue weighted by Crippen LogP contribution is -2.40. The molecule has 0 saturated carbocycles. The van der Waals surface area contributed by atoms with Crippen LogP contribution in [0.4, 0.5) is 5.69 Å². The molecule has 2 N–H and O–H groups in total. The van der Waals surface area contributed by atoms with E-state index >= 15 is 0 Å².